The quantitative estimate of drug-likeness (QED) is 0.540. The SMILES string of the molecule is CC(=O)c1ccc(NC(=O)COC(=O)CCC(=O)Nc2cccc(C)c2)cc1. The number of anilines is 2. The number of Topliss-reactive ketones (excluding diaryl/α,β-unsaturated/α-hetero) is 1. The van der Waals surface area contributed by atoms with Crippen LogP contribution in [0.4, 0.5) is 11.4 Å². The smallest absolute Gasteiger partial charge is 0.306 e. The number of hydrogen-bond acceptors (Lipinski definition) is 5. The van der Waals surface area contributed by atoms with E-state index < -0.39 is 18.5 Å². The minimum absolute atomic E-state index is 0.0408. The number of carbonyl (C=O) groups excluding carboxylic acids is 4. The number of aryl methyl sites for hydroxylation is 1. The van der Waals surface area contributed by atoms with Gasteiger partial charge in [0.1, 0.15) is 0 Å². The summed E-state index contributed by atoms with van der Waals surface area (Å²) in [6.45, 7) is 2.91. The van der Waals surface area contributed by atoms with Crippen molar-refractivity contribution in [2.45, 2.75) is 26.7 Å². The molecule has 0 saturated carbocycles. The van der Waals surface area contributed by atoms with E-state index in [9.17, 15) is 19.2 Å². The molecule has 7 heteroatoms. The molecule has 28 heavy (non-hydrogen) atoms. The average molecular weight is 382 g/mol. The summed E-state index contributed by atoms with van der Waals surface area (Å²) in [5.74, 6) is -1.52. The normalized spacial score (nSPS) is 10.1. The first-order valence-corrected chi connectivity index (χ1v) is 8.76. The second kappa shape index (κ2) is 10.0. The van der Waals surface area contributed by atoms with Crippen LogP contribution in [0.15, 0.2) is 48.5 Å². The molecule has 0 unspecified atom stereocenters. The molecule has 0 heterocycles. The molecule has 0 spiro atoms. The van der Waals surface area contributed by atoms with Gasteiger partial charge in [-0.15, -0.1) is 0 Å². The number of rotatable bonds is 8. The van der Waals surface area contributed by atoms with Gasteiger partial charge in [0.15, 0.2) is 12.4 Å². The molecule has 2 aromatic carbocycles. The van der Waals surface area contributed by atoms with Crippen LogP contribution in [0.5, 0.6) is 0 Å². The molecular weight excluding hydrogens is 360 g/mol. The topological polar surface area (TPSA) is 102 Å². The van der Waals surface area contributed by atoms with E-state index in [1.807, 2.05) is 25.1 Å². The third-order valence-corrected chi connectivity index (χ3v) is 3.80. The van der Waals surface area contributed by atoms with Gasteiger partial charge in [0, 0.05) is 23.4 Å². The molecule has 0 aliphatic heterocycles. The molecule has 0 atom stereocenters. The molecule has 0 saturated heterocycles. The van der Waals surface area contributed by atoms with E-state index >= 15 is 0 Å². The third-order valence-electron chi connectivity index (χ3n) is 3.80. The van der Waals surface area contributed by atoms with Gasteiger partial charge in [-0.05, 0) is 55.8 Å². The Morgan fingerprint density at radius 3 is 2.18 bits per heavy atom. The number of esters is 1. The van der Waals surface area contributed by atoms with Crippen molar-refractivity contribution >= 4 is 34.9 Å². The van der Waals surface area contributed by atoms with Crippen molar-refractivity contribution in [1.29, 1.82) is 0 Å². The summed E-state index contributed by atoms with van der Waals surface area (Å²) in [5, 5.41) is 5.26. The minimum atomic E-state index is -0.638. The highest BCUT2D eigenvalue weighted by Crippen LogP contribution is 2.11. The van der Waals surface area contributed by atoms with Gasteiger partial charge < -0.3 is 15.4 Å². The number of benzene rings is 2. The summed E-state index contributed by atoms with van der Waals surface area (Å²) >= 11 is 0. The second-order valence-corrected chi connectivity index (χ2v) is 6.26. The zero-order chi connectivity index (χ0) is 20.5. The zero-order valence-corrected chi connectivity index (χ0v) is 15.8. The lowest BCUT2D eigenvalue weighted by Crippen LogP contribution is -2.21. The van der Waals surface area contributed by atoms with Gasteiger partial charge in [0.2, 0.25) is 5.91 Å². The Labute approximate surface area is 163 Å². The van der Waals surface area contributed by atoms with Gasteiger partial charge in [0.25, 0.3) is 5.91 Å². The fourth-order valence-electron chi connectivity index (χ4n) is 2.37. The molecule has 0 fully saturated rings. The Morgan fingerprint density at radius 1 is 0.857 bits per heavy atom. The Hall–Kier alpha value is -3.48. The highest BCUT2D eigenvalue weighted by Gasteiger charge is 2.11. The molecule has 2 aromatic rings. The molecular formula is C21H22N2O5. The van der Waals surface area contributed by atoms with E-state index in [4.69, 9.17) is 4.74 Å². The number of ether oxygens (including phenoxy) is 1. The molecule has 0 aliphatic carbocycles. The number of amides is 2. The van der Waals surface area contributed by atoms with Crippen LogP contribution in [-0.4, -0.2) is 30.2 Å². The Morgan fingerprint density at radius 2 is 1.54 bits per heavy atom. The average Bonchev–Trinajstić information content (AvgIpc) is 2.65. The van der Waals surface area contributed by atoms with E-state index in [0.29, 0.717) is 16.9 Å². The summed E-state index contributed by atoms with van der Waals surface area (Å²) in [5.41, 5.74) is 2.70. The summed E-state index contributed by atoms with van der Waals surface area (Å²) in [4.78, 5) is 46.6. The number of nitrogens with one attached hydrogen (secondary N) is 2. The monoisotopic (exact) mass is 382 g/mol. The molecule has 0 radical (unpaired) electrons. The van der Waals surface area contributed by atoms with Gasteiger partial charge >= 0.3 is 5.97 Å². The van der Waals surface area contributed by atoms with Crippen LogP contribution in [0.1, 0.15) is 35.7 Å². The fourth-order valence-corrected chi connectivity index (χ4v) is 2.37. The molecule has 146 valence electrons. The maximum absolute atomic E-state index is 11.9. The molecule has 0 aromatic heterocycles. The van der Waals surface area contributed by atoms with Crippen LogP contribution < -0.4 is 10.6 Å². The summed E-state index contributed by atoms with van der Waals surface area (Å²) < 4.78 is 4.87. The van der Waals surface area contributed by atoms with Crippen LogP contribution in [0, 0.1) is 6.92 Å². The van der Waals surface area contributed by atoms with Crippen LogP contribution in [-0.2, 0) is 19.1 Å². The maximum atomic E-state index is 11.9. The van der Waals surface area contributed by atoms with Crippen molar-refractivity contribution < 1.29 is 23.9 Å². The van der Waals surface area contributed by atoms with E-state index in [2.05, 4.69) is 10.6 Å². The first-order valence-electron chi connectivity index (χ1n) is 8.76. The van der Waals surface area contributed by atoms with E-state index in [1.165, 1.54) is 6.92 Å². The van der Waals surface area contributed by atoms with E-state index in [-0.39, 0.29) is 24.5 Å². The van der Waals surface area contributed by atoms with Gasteiger partial charge in [-0.3, -0.25) is 19.2 Å². The fraction of sp³-hybridized carbons (Fsp3) is 0.238. The summed E-state index contributed by atoms with van der Waals surface area (Å²) in [6.07, 6.45) is -0.168. The Bertz CT molecular complexity index is 875. The van der Waals surface area contributed by atoms with Crippen molar-refractivity contribution in [3.05, 3.63) is 59.7 Å². The summed E-state index contributed by atoms with van der Waals surface area (Å²) in [7, 11) is 0. The number of ketones is 1. The van der Waals surface area contributed by atoms with Crippen molar-refractivity contribution in [2.75, 3.05) is 17.2 Å². The molecule has 0 bridgehead atoms. The lowest BCUT2D eigenvalue weighted by Gasteiger charge is -2.08. The summed E-state index contributed by atoms with van der Waals surface area (Å²) in [6, 6.07) is 13.7. The molecule has 0 aliphatic rings. The number of hydrogen-bond donors (Lipinski definition) is 2. The Balaban J connectivity index is 1.69. The lowest BCUT2D eigenvalue weighted by molar-refractivity contribution is -0.147. The van der Waals surface area contributed by atoms with E-state index in [1.54, 1.807) is 30.3 Å². The van der Waals surface area contributed by atoms with Gasteiger partial charge in [-0.2, -0.15) is 0 Å². The van der Waals surface area contributed by atoms with Gasteiger partial charge in [-0.1, -0.05) is 12.1 Å². The van der Waals surface area contributed by atoms with Crippen molar-refractivity contribution in [3.63, 3.8) is 0 Å². The largest absolute Gasteiger partial charge is 0.456 e. The standard InChI is InChI=1S/C21H22N2O5/c1-14-4-3-5-18(12-14)23-19(25)10-11-21(27)28-13-20(26)22-17-8-6-16(7-9-17)15(2)24/h3-9,12H,10-11,13H2,1-2H3,(H,22,26)(H,23,25). The molecule has 2 N–H and O–H groups in total. The van der Waals surface area contributed by atoms with Crippen molar-refractivity contribution in [1.82, 2.24) is 0 Å². The highest BCUT2D eigenvalue weighted by atomic mass is 16.5. The molecule has 2 amide bonds. The van der Waals surface area contributed by atoms with Gasteiger partial charge in [0.05, 0.1) is 6.42 Å². The lowest BCUT2D eigenvalue weighted by atomic mass is 10.1. The maximum Gasteiger partial charge on any atom is 0.306 e. The highest BCUT2D eigenvalue weighted by molar-refractivity contribution is 5.96. The van der Waals surface area contributed by atoms with E-state index in [0.717, 1.165) is 5.56 Å². The predicted octanol–water partition coefficient (Wildman–Crippen LogP) is 3.10. The van der Waals surface area contributed by atoms with Crippen LogP contribution in [0.3, 0.4) is 0 Å². The Kier molecular flexibility index (Phi) is 7.45. The van der Waals surface area contributed by atoms with Crippen molar-refractivity contribution in [2.24, 2.45) is 0 Å². The van der Waals surface area contributed by atoms with Crippen LogP contribution in [0.2, 0.25) is 0 Å². The minimum Gasteiger partial charge on any atom is -0.456 e. The molecule has 7 nitrogen and oxygen atoms in total. The number of carbonyl (C=O) groups is 4. The van der Waals surface area contributed by atoms with Gasteiger partial charge in [-0.25, -0.2) is 0 Å². The second-order valence-electron chi connectivity index (χ2n) is 6.26. The van der Waals surface area contributed by atoms with Crippen LogP contribution in [0.25, 0.3) is 0 Å². The predicted molar refractivity (Wildman–Crippen MR) is 105 cm³/mol. The van der Waals surface area contributed by atoms with Crippen molar-refractivity contribution in [3.8, 4) is 0 Å². The first kappa shape index (κ1) is 20.8. The van der Waals surface area contributed by atoms with Crippen LogP contribution >= 0.6 is 0 Å². The zero-order valence-electron chi connectivity index (χ0n) is 15.8. The first-order chi connectivity index (χ1) is 13.3. The third kappa shape index (κ3) is 7.03. The molecule has 2 rings (SSSR count).